The minimum atomic E-state index is -0.301. The normalized spacial score (nSPS) is 9.64. The summed E-state index contributed by atoms with van der Waals surface area (Å²) in [5.74, 6) is 5.46. The zero-order valence-corrected chi connectivity index (χ0v) is 8.49. The summed E-state index contributed by atoms with van der Waals surface area (Å²) in [6, 6.07) is 6.82. The van der Waals surface area contributed by atoms with Crippen LogP contribution in [-0.2, 0) is 4.79 Å². The molecule has 0 aliphatic carbocycles. The zero-order valence-electron chi connectivity index (χ0n) is 7.74. The molecular formula is C9H11ClN2O2. The number of rotatable bonds is 3. The molecule has 2 N–H and O–H groups in total. The van der Waals surface area contributed by atoms with Crippen LogP contribution in [0.2, 0.25) is 5.02 Å². The van der Waals surface area contributed by atoms with Crippen molar-refractivity contribution in [3.8, 4) is 5.75 Å². The van der Waals surface area contributed by atoms with Gasteiger partial charge >= 0.3 is 0 Å². The van der Waals surface area contributed by atoms with Crippen molar-refractivity contribution in [3.63, 3.8) is 0 Å². The average Bonchev–Trinajstić information content (AvgIpc) is 2.14. The van der Waals surface area contributed by atoms with Crippen molar-refractivity contribution in [2.24, 2.45) is 5.84 Å². The van der Waals surface area contributed by atoms with E-state index in [1.54, 1.807) is 24.3 Å². The zero-order chi connectivity index (χ0) is 10.6. The fourth-order valence-corrected chi connectivity index (χ4v) is 0.984. The van der Waals surface area contributed by atoms with Gasteiger partial charge in [-0.15, -0.1) is 0 Å². The third-order valence-electron chi connectivity index (χ3n) is 1.55. The molecule has 0 heterocycles. The van der Waals surface area contributed by atoms with Crippen molar-refractivity contribution in [2.45, 2.75) is 0 Å². The number of likely N-dealkylation sites (N-methyl/N-ethyl adjacent to an activating group) is 1. The van der Waals surface area contributed by atoms with E-state index in [0.29, 0.717) is 10.8 Å². The van der Waals surface area contributed by atoms with Gasteiger partial charge < -0.3 is 4.74 Å². The summed E-state index contributed by atoms with van der Waals surface area (Å²) < 4.78 is 5.15. The Balaban J connectivity index is 2.50. The molecule has 0 aliphatic rings. The molecule has 76 valence electrons. The Labute approximate surface area is 87.2 Å². The smallest absolute Gasteiger partial charge is 0.274 e. The van der Waals surface area contributed by atoms with E-state index in [1.807, 2.05) is 0 Å². The van der Waals surface area contributed by atoms with E-state index in [4.69, 9.17) is 22.2 Å². The van der Waals surface area contributed by atoms with Gasteiger partial charge in [0.05, 0.1) is 0 Å². The third kappa shape index (κ3) is 3.24. The summed E-state index contributed by atoms with van der Waals surface area (Å²) >= 11 is 5.72. The van der Waals surface area contributed by atoms with Crippen LogP contribution >= 0.6 is 11.6 Å². The molecule has 0 saturated carbocycles. The van der Waals surface area contributed by atoms with Gasteiger partial charge in [0, 0.05) is 12.1 Å². The van der Waals surface area contributed by atoms with Crippen LogP contribution in [0.25, 0.3) is 0 Å². The maximum atomic E-state index is 11.0. The van der Waals surface area contributed by atoms with Gasteiger partial charge in [-0.25, -0.2) is 5.84 Å². The molecule has 0 unspecified atom stereocenters. The highest BCUT2D eigenvalue weighted by atomic mass is 35.5. The number of benzene rings is 1. The highest BCUT2D eigenvalue weighted by Gasteiger charge is 2.05. The Hall–Kier alpha value is -1.26. The summed E-state index contributed by atoms with van der Waals surface area (Å²) in [4.78, 5) is 11.0. The summed E-state index contributed by atoms with van der Waals surface area (Å²) in [7, 11) is 1.46. The summed E-state index contributed by atoms with van der Waals surface area (Å²) in [5, 5.41) is 1.54. The molecule has 1 amide bonds. The molecule has 4 nitrogen and oxygen atoms in total. The minimum Gasteiger partial charge on any atom is -0.484 e. The van der Waals surface area contributed by atoms with Gasteiger partial charge in [0.2, 0.25) is 0 Å². The van der Waals surface area contributed by atoms with E-state index in [1.165, 1.54) is 7.05 Å². The number of ether oxygens (including phenoxy) is 1. The highest BCUT2D eigenvalue weighted by Crippen LogP contribution is 2.16. The standard InChI is InChI=1S/C9H11ClN2O2/c1-12(11)9(13)6-14-8-4-2-3-7(10)5-8/h2-5H,6,11H2,1H3. The van der Waals surface area contributed by atoms with E-state index in [2.05, 4.69) is 0 Å². The molecule has 0 aromatic heterocycles. The monoisotopic (exact) mass is 214 g/mol. The van der Waals surface area contributed by atoms with Crippen LogP contribution < -0.4 is 10.6 Å². The topological polar surface area (TPSA) is 55.6 Å². The molecule has 0 saturated heterocycles. The van der Waals surface area contributed by atoms with E-state index in [9.17, 15) is 4.79 Å². The van der Waals surface area contributed by atoms with Gasteiger partial charge in [-0.3, -0.25) is 9.80 Å². The van der Waals surface area contributed by atoms with Gasteiger partial charge in [-0.05, 0) is 18.2 Å². The van der Waals surface area contributed by atoms with Crippen LogP contribution in [-0.4, -0.2) is 24.6 Å². The Bertz CT molecular complexity index is 328. The van der Waals surface area contributed by atoms with Crippen molar-refractivity contribution in [2.75, 3.05) is 13.7 Å². The largest absolute Gasteiger partial charge is 0.484 e. The molecule has 0 aliphatic heterocycles. The number of nitrogens with zero attached hydrogens (tertiary/aromatic N) is 1. The molecule has 0 spiro atoms. The number of halogens is 1. The van der Waals surface area contributed by atoms with E-state index < -0.39 is 0 Å². The SMILES string of the molecule is CN(N)C(=O)COc1cccc(Cl)c1. The van der Waals surface area contributed by atoms with Crippen molar-refractivity contribution < 1.29 is 9.53 Å². The van der Waals surface area contributed by atoms with Crippen molar-refractivity contribution >= 4 is 17.5 Å². The average molecular weight is 215 g/mol. The Kier molecular flexibility index (Phi) is 3.73. The highest BCUT2D eigenvalue weighted by molar-refractivity contribution is 6.30. The predicted octanol–water partition coefficient (Wildman–Crippen LogP) is 1.05. The maximum absolute atomic E-state index is 11.0. The number of carbonyl (C=O) groups excluding carboxylic acids is 1. The molecule has 14 heavy (non-hydrogen) atoms. The molecule has 5 heteroatoms. The van der Waals surface area contributed by atoms with E-state index >= 15 is 0 Å². The van der Waals surface area contributed by atoms with Gasteiger partial charge in [-0.2, -0.15) is 0 Å². The van der Waals surface area contributed by atoms with Gasteiger partial charge in [0.25, 0.3) is 5.91 Å². The summed E-state index contributed by atoms with van der Waals surface area (Å²) in [5.41, 5.74) is 0. The third-order valence-corrected chi connectivity index (χ3v) is 1.79. The molecule has 0 atom stereocenters. The first-order chi connectivity index (χ1) is 6.59. The lowest BCUT2D eigenvalue weighted by atomic mass is 10.3. The predicted molar refractivity (Wildman–Crippen MR) is 53.9 cm³/mol. The second kappa shape index (κ2) is 4.83. The number of hydrogen-bond acceptors (Lipinski definition) is 3. The number of amides is 1. The Morgan fingerprint density at radius 3 is 2.93 bits per heavy atom. The first-order valence-corrected chi connectivity index (χ1v) is 4.37. The van der Waals surface area contributed by atoms with Crippen molar-refractivity contribution in [1.29, 1.82) is 0 Å². The van der Waals surface area contributed by atoms with E-state index in [0.717, 1.165) is 5.01 Å². The molecule has 1 aromatic rings. The molecular weight excluding hydrogens is 204 g/mol. The quantitative estimate of drug-likeness (QED) is 0.465. The lowest BCUT2D eigenvalue weighted by molar-refractivity contribution is -0.132. The number of hydrazine groups is 1. The van der Waals surface area contributed by atoms with Crippen LogP contribution in [0.1, 0.15) is 0 Å². The van der Waals surface area contributed by atoms with Crippen LogP contribution in [0.3, 0.4) is 0 Å². The lowest BCUT2D eigenvalue weighted by Crippen LogP contribution is -2.36. The molecule has 0 bridgehead atoms. The second-order valence-corrected chi connectivity index (χ2v) is 3.19. The summed E-state index contributed by atoms with van der Waals surface area (Å²) in [6.45, 7) is -0.0899. The van der Waals surface area contributed by atoms with Crippen LogP contribution in [0.4, 0.5) is 0 Å². The first kappa shape index (κ1) is 10.8. The second-order valence-electron chi connectivity index (χ2n) is 2.75. The Morgan fingerprint density at radius 1 is 1.64 bits per heavy atom. The van der Waals surface area contributed by atoms with Crippen molar-refractivity contribution in [3.05, 3.63) is 29.3 Å². The molecule has 1 rings (SSSR count). The molecule has 0 radical (unpaired) electrons. The number of nitrogens with two attached hydrogens (primary N) is 1. The van der Waals surface area contributed by atoms with Crippen LogP contribution in [0, 0.1) is 0 Å². The van der Waals surface area contributed by atoms with Gasteiger partial charge in [0.1, 0.15) is 5.75 Å². The van der Waals surface area contributed by atoms with Gasteiger partial charge in [0.15, 0.2) is 6.61 Å². The van der Waals surface area contributed by atoms with Crippen LogP contribution in [0.5, 0.6) is 5.75 Å². The molecule has 0 fully saturated rings. The van der Waals surface area contributed by atoms with Crippen molar-refractivity contribution in [1.82, 2.24) is 5.01 Å². The summed E-state index contributed by atoms with van der Waals surface area (Å²) in [6.07, 6.45) is 0. The maximum Gasteiger partial charge on any atom is 0.274 e. The fourth-order valence-electron chi connectivity index (χ4n) is 0.804. The number of hydrogen-bond donors (Lipinski definition) is 1. The lowest BCUT2D eigenvalue weighted by Gasteiger charge is -2.10. The number of carbonyl (C=O) groups is 1. The fraction of sp³-hybridized carbons (Fsp3) is 0.222. The first-order valence-electron chi connectivity index (χ1n) is 3.99. The Morgan fingerprint density at radius 2 is 2.36 bits per heavy atom. The minimum absolute atomic E-state index is 0.0899. The molecule has 1 aromatic carbocycles. The van der Waals surface area contributed by atoms with E-state index in [-0.39, 0.29) is 12.5 Å². The van der Waals surface area contributed by atoms with Gasteiger partial charge in [-0.1, -0.05) is 17.7 Å². The van der Waals surface area contributed by atoms with Crippen LogP contribution in [0.15, 0.2) is 24.3 Å².